The number of aromatic hydroxyl groups is 1. The number of hydrogen-bond acceptors (Lipinski definition) is 6. The molecule has 2 aromatic carbocycles. The molecular weight excluding hydrogens is 386 g/mol. The largest absolute Gasteiger partial charge is 0.507 e. The maximum absolute atomic E-state index is 13.3. The van der Waals surface area contributed by atoms with Gasteiger partial charge in [0, 0.05) is 28.6 Å². The van der Waals surface area contributed by atoms with Crippen molar-refractivity contribution in [2.75, 3.05) is 24.7 Å². The zero-order chi connectivity index (χ0) is 20.1. The summed E-state index contributed by atoms with van der Waals surface area (Å²) in [6, 6.07) is 7.53. The van der Waals surface area contributed by atoms with Crippen molar-refractivity contribution in [2.24, 2.45) is 0 Å². The molecule has 7 nitrogen and oxygen atoms in total. The first-order valence-corrected chi connectivity index (χ1v) is 9.23. The first kappa shape index (κ1) is 18.6. The van der Waals surface area contributed by atoms with Crippen LogP contribution in [-0.2, 0) is 26.3 Å². The van der Waals surface area contributed by atoms with E-state index in [1.54, 1.807) is 25.1 Å². The van der Waals surface area contributed by atoms with E-state index in [1.165, 1.54) is 12.1 Å². The molecule has 0 aliphatic carbocycles. The molecule has 1 amide bonds. The Bertz CT molecular complexity index is 991. The van der Waals surface area contributed by atoms with Crippen LogP contribution in [0.3, 0.4) is 0 Å². The molecule has 0 saturated carbocycles. The Kier molecular flexibility index (Phi) is 4.44. The molecule has 2 heterocycles. The third kappa shape index (κ3) is 2.70. The Morgan fingerprint density at radius 1 is 1.32 bits per heavy atom. The molecule has 2 aliphatic rings. The predicted octanol–water partition coefficient (Wildman–Crippen LogP) is 2.13. The maximum Gasteiger partial charge on any atom is 0.326 e. The zero-order valence-electron chi connectivity index (χ0n) is 15.1. The Morgan fingerprint density at radius 2 is 2.11 bits per heavy atom. The van der Waals surface area contributed by atoms with Gasteiger partial charge in [0.2, 0.25) is 0 Å². The fourth-order valence-corrected chi connectivity index (χ4v) is 3.88. The number of hydrogen-bond donors (Lipinski definition) is 2. The fourth-order valence-electron chi connectivity index (χ4n) is 3.71. The number of phenolic OH excluding ortho intramolecular Hbond substituents is 1. The third-order valence-electron chi connectivity index (χ3n) is 4.98. The molecule has 8 heteroatoms. The van der Waals surface area contributed by atoms with E-state index in [2.05, 4.69) is 0 Å². The van der Waals surface area contributed by atoms with Gasteiger partial charge in [-0.05, 0) is 36.8 Å². The van der Waals surface area contributed by atoms with E-state index >= 15 is 0 Å². The van der Waals surface area contributed by atoms with Gasteiger partial charge in [-0.25, -0.2) is 0 Å². The number of amides is 1. The second kappa shape index (κ2) is 6.68. The van der Waals surface area contributed by atoms with Crippen LogP contribution in [-0.4, -0.2) is 41.8 Å². The molecule has 0 bridgehead atoms. The van der Waals surface area contributed by atoms with Crippen molar-refractivity contribution in [2.45, 2.75) is 18.9 Å². The topological polar surface area (TPSA) is 96.3 Å². The lowest BCUT2D eigenvalue weighted by Crippen LogP contribution is -2.43. The molecule has 0 spiro atoms. The van der Waals surface area contributed by atoms with Gasteiger partial charge < -0.3 is 19.7 Å². The SMILES string of the molecule is CCOC(=O)CN1C(=O)C(O)(c2cc3c(cc2O)OCC3)c2cc(Cl)ccc21. The summed E-state index contributed by atoms with van der Waals surface area (Å²) in [5, 5.41) is 22.4. The number of benzene rings is 2. The summed E-state index contributed by atoms with van der Waals surface area (Å²) in [6.07, 6.45) is 0.599. The Morgan fingerprint density at radius 3 is 2.86 bits per heavy atom. The average molecular weight is 404 g/mol. The van der Waals surface area contributed by atoms with Crippen LogP contribution < -0.4 is 9.64 Å². The summed E-state index contributed by atoms with van der Waals surface area (Å²) in [7, 11) is 0. The normalized spacial score (nSPS) is 20.0. The number of anilines is 1. The lowest BCUT2D eigenvalue weighted by Gasteiger charge is -2.24. The van der Waals surface area contributed by atoms with Crippen molar-refractivity contribution in [3.8, 4) is 11.5 Å². The molecule has 4 rings (SSSR count). The second-order valence-corrected chi connectivity index (χ2v) is 7.08. The smallest absolute Gasteiger partial charge is 0.326 e. The van der Waals surface area contributed by atoms with Crippen LogP contribution in [0.1, 0.15) is 23.6 Å². The van der Waals surface area contributed by atoms with Gasteiger partial charge in [-0.1, -0.05) is 11.6 Å². The number of ether oxygens (including phenoxy) is 2. The molecule has 0 saturated heterocycles. The number of aliphatic hydroxyl groups is 1. The Labute approximate surface area is 166 Å². The molecule has 2 N–H and O–H groups in total. The van der Waals surface area contributed by atoms with Gasteiger partial charge in [0.25, 0.3) is 5.91 Å². The van der Waals surface area contributed by atoms with Gasteiger partial charge in [-0.3, -0.25) is 14.5 Å². The third-order valence-corrected chi connectivity index (χ3v) is 5.22. The van der Waals surface area contributed by atoms with E-state index in [0.717, 1.165) is 10.5 Å². The maximum atomic E-state index is 13.3. The van der Waals surface area contributed by atoms with E-state index in [9.17, 15) is 19.8 Å². The lowest BCUT2D eigenvalue weighted by atomic mass is 9.85. The van der Waals surface area contributed by atoms with Crippen molar-refractivity contribution in [1.29, 1.82) is 0 Å². The van der Waals surface area contributed by atoms with Crippen LogP contribution in [0.4, 0.5) is 5.69 Å². The van der Waals surface area contributed by atoms with Gasteiger partial charge in [0.1, 0.15) is 18.0 Å². The number of carbonyl (C=O) groups excluding carboxylic acids is 2. The Balaban J connectivity index is 1.86. The summed E-state index contributed by atoms with van der Waals surface area (Å²) < 4.78 is 10.4. The molecule has 28 heavy (non-hydrogen) atoms. The molecule has 0 radical (unpaired) electrons. The minimum Gasteiger partial charge on any atom is -0.507 e. The predicted molar refractivity (Wildman–Crippen MR) is 101 cm³/mol. The summed E-state index contributed by atoms with van der Waals surface area (Å²) in [6.45, 7) is 1.93. The van der Waals surface area contributed by atoms with E-state index < -0.39 is 17.5 Å². The van der Waals surface area contributed by atoms with Crippen LogP contribution in [0.2, 0.25) is 5.02 Å². The highest BCUT2D eigenvalue weighted by atomic mass is 35.5. The van der Waals surface area contributed by atoms with Gasteiger partial charge in [-0.15, -0.1) is 0 Å². The minimum absolute atomic E-state index is 0.0247. The van der Waals surface area contributed by atoms with E-state index in [-0.39, 0.29) is 30.0 Å². The van der Waals surface area contributed by atoms with Crippen molar-refractivity contribution < 1.29 is 29.3 Å². The number of halogens is 1. The molecule has 2 aromatic rings. The molecule has 1 unspecified atom stereocenters. The number of phenols is 1. The highest BCUT2D eigenvalue weighted by molar-refractivity contribution is 6.31. The number of nitrogens with zero attached hydrogens (tertiary/aromatic N) is 1. The quantitative estimate of drug-likeness (QED) is 0.759. The van der Waals surface area contributed by atoms with E-state index in [4.69, 9.17) is 21.1 Å². The van der Waals surface area contributed by atoms with Crippen LogP contribution in [0, 0.1) is 0 Å². The van der Waals surface area contributed by atoms with Crippen molar-refractivity contribution in [3.63, 3.8) is 0 Å². The second-order valence-electron chi connectivity index (χ2n) is 6.64. The van der Waals surface area contributed by atoms with Crippen molar-refractivity contribution in [1.82, 2.24) is 0 Å². The molecule has 146 valence electrons. The molecule has 1 atom stereocenters. The van der Waals surface area contributed by atoms with Crippen LogP contribution in [0.5, 0.6) is 11.5 Å². The monoisotopic (exact) mass is 403 g/mol. The van der Waals surface area contributed by atoms with Gasteiger partial charge in [0.05, 0.1) is 18.9 Å². The minimum atomic E-state index is -2.19. The summed E-state index contributed by atoms with van der Waals surface area (Å²) in [5.41, 5.74) is -0.850. The summed E-state index contributed by atoms with van der Waals surface area (Å²) >= 11 is 6.11. The Hall–Kier alpha value is -2.77. The zero-order valence-corrected chi connectivity index (χ0v) is 15.8. The van der Waals surface area contributed by atoms with Crippen LogP contribution in [0.15, 0.2) is 30.3 Å². The van der Waals surface area contributed by atoms with Crippen molar-refractivity contribution >= 4 is 29.2 Å². The van der Waals surface area contributed by atoms with Crippen LogP contribution >= 0.6 is 11.6 Å². The number of fused-ring (bicyclic) bond motifs is 2. The van der Waals surface area contributed by atoms with E-state index in [0.29, 0.717) is 29.5 Å². The number of carbonyl (C=O) groups is 2. The average Bonchev–Trinajstić information content (AvgIpc) is 3.18. The number of esters is 1. The first-order valence-electron chi connectivity index (χ1n) is 8.85. The van der Waals surface area contributed by atoms with Crippen molar-refractivity contribution in [3.05, 3.63) is 52.0 Å². The van der Waals surface area contributed by atoms with Gasteiger partial charge in [-0.2, -0.15) is 0 Å². The van der Waals surface area contributed by atoms with Crippen LogP contribution in [0.25, 0.3) is 0 Å². The highest BCUT2D eigenvalue weighted by Crippen LogP contribution is 2.49. The lowest BCUT2D eigenvalue weighted by molar-refractivity contribution is -0.143. The molecule has 2 aliphatic heterocycles. The highest BCUT2D eigenvalue weighted by Gasteiger charge is 2.53. The number of rotatable bonds is 4. The molecular formula is C20H18ClNO6. The van der Waals surface area contributed by atoms with Gasteiger partial charge in [0.15, 0.2) is 5.60 Å². The standard InChI is InChI=1S/C20H18ClNO6/c1-2-27-18(24)10-22-15-4-3-12(21)8-13(15)20(26,19(22)25)14-7-11-5-6-28-17(11)9-16(14)23/h3-4,7-9,23,26H,2,5-6,10H2,1H3. The summed E-state index contributed by atoms with van der Waals surface area (Å²) in [5.74, 6) is -1.12. The molecule has 0 aromatic heterocycles. The molecule has 0 fully saturated rings. The first-order chi connectivity index (χ1) is 13.4. The van der Waals surface area contributed by atoms with E-state index in [1.807, 2.05) is 0 Å². The van der Waals surface area contributed by atoms with Gasteiger partial charge >= 0.3 is 5.97 Å². The fraction of sp³-hybridized carbons (Fsp3) is 0.300. The summed E-state index contributed by atoms with van der Waals surface area (Å²) in [4.78, 5) is 26.4.